The minimum atomic E-state index is -0.413. The highest BCUT2D eigenvalue weighted by molar-refractivity contribution is 5.82. The molecule has 19 heavy (non-hydrogen) atoms. The lowest BCUT2D eigenvalue weighted by molar-refractivity contribution is -0.384. The normalized spacial score (nSPS) is 20.7. The van der Waals surface area contributed by atoms with Crippen molar-refractivity contribution in [3.05, 3.63) is 39.9 Å². The maximum absolute atomic E-state index is 11.7. The summed E-state index contributed by atoms with van der Waals surface area (Å²) in [6.07, 6.45) is 1.75. The fourth-order valence-electron chi connectivity index (χ4n) is 2.24. The first kappa shape index (κ1) is 13.5. The fraction of sp³-hybridized carbons (Fsp3) is 0.462. The van der Waals surface area contributed by atoms with Crippen LogP contribution in [0.5, 0.6) is 0 Å². The molecule has 1 heterocycles. The molecule has 2 atom stereocenters. The zero-order chi connectivity index (χ0) is 13.8. The predicted octanol–water partition coefficient (Wildman–Crippen LogP) is 1.52. The molecule has 1 amide bonds. The van der Waals surface area contributed by atoms with Crippen LogP contribution in [0, 0.1) is 10.1 Å². The maximum Gasteiger partial charge on any atom is 0.269 e. The molecule has 0 spiro atoms. The zero-order valence-electron chi connectivity index (χ0n) is 10.8. The summed E-state index contributed by atoms with van der Waals surface area (Å²) in [5, 5.41) is 16.8. The molecule has 0 radical (unpaired) electrons. The quantitative estimate of drug-likeness (QED) is 0.637. The van der Waals surface area contributed by atoms with Crippen LogP contribution in [0.2, 0.25) is 0 Å². The van der Waals surface area contributed by atoms with Gasteiger partial charge in [-0.3, -0.25) is 20.2 Å². The lowest BCUT2D eigenvalue weighted by Gasteiger charge is -2.26. The highest BCUT2D eigenvalue weighted by Gasteiger charge is 2.23. The minimum Gasteiger partial charge on any atom is -0.355 e. The molecule has 1 aliphatic heterocycles. The molecule has 1 aromatic rings. The molecule has 0 saturated carbocycles. The number of carbonyl (C=O) groups is 1. The van der Waals surface area contributed by atoms with Gasteiger partial charge < -0.3 is 5.32 Å². The van der Waals surface area contributed by atoms with Crippen LogP contribution in [0.3, 0.4) is 0 Å². The third-order valence-corrected chi connectivity index (χ3v) is 3.32. The van der Waals surface area contributed by atoms with E-state index in [1.54, 1.807) is 12.1 Å². The monoisotopic (exact) mass is 263 g/mol. The highest BCUT2D eigenvalue weighted by atomic mass is 16.6. The van der Waals surface area contributed by atoms with Gasteiger partial charge >= 0.3 is 0 Å². The third kappa shape index (κ3) is 3.29. The summed E-state index contributed by atoms with van der Waals surface area (Å²) in [6, 6.07) is 6.16. The van der Waals surface area contributed by atoms with E-state index in [2.05, 4.69) is 10.6 Å². The van der Waals surface area contributed by atoms with E-state index in [9.17, 15) is 14.9 Å². The van der Waals surface area contributed by atoms with E-state index in [1.165, 1.54) is 6.07 Å². The standard InChI is InChI=1S/C13H17N3O3/c1-9(15-12-6-3-7-14-13(12)17)10-4-2-5-11(8-10)16(18)19/h2,4-5,8-9,12,15H,3,6-7H2,1H3,(H,14,17). The van der Waals surface area contributed by atoms with Gasteiger partial charge in [0.2, 0.25) is 5.91 Å². The molecule has 1 aromatic carbocycles. The average molecular weight is 263 g/mol. The third-order valence-electron chi connectivity index (χ3n) is 3.32. The van der Waals surface area contributed by atoms with Crippen molar-refractivity contribution in [1.82, 2.24) is 10.6 Å². The van der Waals surface area contributed by atoms with Gasteiger partial charge in [0, 0.05) is 24.7 Å². The summed E-state index contributed by atoms with van der Waals surface area (Å²) in [4.78, 5) is 22.0. The molecule has 1 fully saturated rings. The van der Waals surface area contributed by atoms with Crippen molar-refractivity contribution < 1.29 is 9.72 Å². The van der Waals surface area contributed by atoms with E-state index < -0.39 is 4.92 Å². The first-order valence-electron chi connectivity index (χ1n) is 6.36. The van der Waals surface area contributed by atoms with Crippen LogP contribution < -0.4 is 10.6 Å². The Morgan fingerprint density at radius 2 is 2.32 bits per heavy atom. The number of rotatable bonds is 4. The van der Waals surface area contributed by atoms with Crippen molar-refractivity contribution in [3.8, 4) is 0 Å². The Labute approximate surface area is 111 Å². The van der Waals surface area contributed by atoms with Crippen LogP contribution in [0.25, 0.3) is 0 Å². The lowest BCUT2D eigenvalue weighted by atomic mass is 10.0. The van der Waals surface area contributed by atoms with E-state index in [4.69, 9.17) is 0 Å². The summed E-state index contributed by atoms with van der Waals surface area (Å²) in [6.45, 7) is 2.63. The first-order chi connectivity index (χ1) is 9.08. The van der Waals surface area contributed by atoms with Gasteiger partial charge in [0.15, 0.2) is 0 Å². The second-order valence-electron chi connectivity index (χ2n) is 4.73. The van der Waals surface area contributed by atoms with Crippen molar-refractivity contribution >= 4 is 11.6 Å². The van der Waals surface area contributed by atoms with Crippen LogP contribution in [0.15, 0.2) is 24.3 Å². The number of amides is 1. The van der Waals surface area contributed by atoms with Crippen LogP contribution >= 0.6 is 0 Å². The van der Waals surface area contributed by atoms with E-state index in [-0.39, 0.29) is 23.7 Å². The lowest BCUT2D eigenvalue weighted by Crippen LogP contribution is -2.48. The topological polar surface area (TPSA) is 84.3 Å². The number of benzene rings is 1. The second-order valence-corrected chi connectivity index (χ2v) is 4.73. The largest absolute Gasteiger partial charge is 0.355 e. The van der Waals surface area contributed by atoms with E-state index in [0.29, 0.717) is 0 Å². The van der Waals surface area contributed by atoms with Crippen LogP contribution in [-0.2, 0) is 4.79 Å². The van der Waals surface area contributed by atoms with Crippen molar-refractivity contribution in [2.24, 2.45) is 0 Å². The molecule has 0 aliphatic carbocycles. The molecule has 1 aliphatic rings. The number of piperidine rings is 1. The van der Waals surface area contributed by atoms with Gasteiger partial charge in [0.05, 0.1) is 11.0 Å². The summed E-state index contributed by atoms with van der Waals surface area (Å²) in [5.74, 6) is 0.00327. The molecular weight excluding hydrogens is 246 g/mol. The number of nitro benzene ring substituents is 1. The Balaban J connectivity index is 2.06. The van der Waals surface area contributed by atoms with Gasteiger partial charge in [-0.25, -0.2) is 0 Å². The molecule has 102 valence electrons. The smallest absolute Gasteiger partial charge is 0.269 e. The van der Waals surface area contributed by atoms with Gasteiger partial charge in [-0.1, -0.05) is 12.1 Å². The summed E-state index contributed by atoms with van der Waals surface area (Å²) in [5.41, 5.74) is 0.881. The number of nitrogens with one attached hydrogen (secondary N) is 2. The molecule has 6 nitrogen and oxygen atoms in total. The van der Waals surface area contributed by atoms with Crippen molar-refractivity contribution in [1.29, 1.82) is 0 Å². The first-order valence-corrected chi connectivity index (χ1v) is 6.36. The molecule has 0 bridgehead atoms. The molecule has 6 heteroatoms. The van der Waals surface area contributed by atoms with Gasteiger partial charge in [-0.15, -0.1) is 0 Å². The van der Waals surface area contributed by atoms with E-state index in [0.717, 1.165) is 24.9 Å². The van der Waals surface area contributed by atoms with Gasteiger partial charge in [0.1, 0.15) is 0 Å². The van der Waals surface area contributed by atoms with Gasteiger partial charge in [0.25, 0.3) is 5.69 Å². The van der Waals surface area contributed by atoms with E-state index in [1.807, 2.05) is 13.0 Å². The van der Waals surface area contributed by atoms with Gasteiger partial charge in [-0.05, 0) is 25.3 Å². The number of non-ortho nitro benzene ring substituents is 1. The maximum atomic E-state index is 11.7. The predicted molar refractivity (Wildman–Crippen MR) is 70.7 cm³/mol. The summed E-state index contributed by atoms with van der Waals surface area (Å²) < 4.78 is 0. The second kappa shape index (κ2) is 5.79. The Bertz CT molecular complexity index is 490. The minimum absolute atomic E-state index is 0.00327. The highest BCUT2D eigenvalue weighted by Crippen LogP contribution is 2.20. The van der Waals surface area contributed by atoms with Crippen molar-refractivity contribution in [2.75, 3.05) is 6.54 Å². The van der Waals surface area contributed by atoms with Crippen LogP contribution in [0.1, 0.15) is 31.4 Å². The molecule has 1 saturated heterocycles. The number of carbonyl (C=O) groups excluding carboxylic acids is 1. The molecule has 2 rings (SSSR count). The molecule has 0 aromatic heterocycles. The van der Waals surface area contributed by atoms with E-state index >= 15 is 0 Å². The number of hydrogen-bond donors (Lipinski definition) is 2. The Hall–Kier alpha value is -1.95. The van der Waals surface area contributed by atoms with Crippen molar-refractivity contribution in [3.63, 3.8) is 0 Å². The average Bonchev–Trinajstić information content (AvgIpc) is 2.41. The van der Waals surface area contributed by atoms with Gasteiger partial charge in [-0.2, -0.15) is 0 Å². The SMILES string of the molecule is CC(NC1CCCNC1=O)c1cccc([N+](=O)[O-])c1. The van der Waals surface area contributed by atoms with Crippen molar-refractivity contribution in [2.45, 2.75) is 31.8 Å². The Morgan fingerprint density at radius 3 is 3.00 bits per heavy atom. The zero-order valence-corrected chi connectivity index (χ0v) is 10.8. The van der Waals surface area contributed by atoms with Crippen LogP contribution in [0.4, 0.5) is 5.69 Å². The number of nitro groups is 1. The molecule has 2 unspecified atom stereocenters. The molecular formula is C13H17N3O3. The Kier molecular flexibility index (Phi) is 4.11. The Morgan fingerprint density at radius 1 is 1.53 bits per heavy atom. The summed E-state index contributed by atoms with van der Waals surface area (Å²) >= 11 is 0. The summed E-state index contributed by atoms with van der Waals surface area (Å²) in [7, 11) is 0. The fourth-order valence-corrected chi connectivity index (χ4v) is 2.24. The molecule has 2 N–H and O–H groups in total. The number of nitrogens with zero attached hydrogens (tertiary/aromatic N) is 1. The number of hydrogen-bond acceptors (Lipinski definition) is 4. The van der Waals surface area contributed by atoms with Crippen LogP contribution in [-0.4, -0.2) is 23.4 Å².